The monoisotopic (exact) mass is 1250 g/mol. The standard InChI is InChI=1S/C56H106N4O26/c1-63-7-9-67-15-17-71-23-25-75-31-33-79-39-41-83-47-49-85-45-43-81-37-35-77-29-27-73-21-19-69-13-11-65-5-3-57-55(61)53-51-60-54(52-59-53)56(62)58-4-6-66-12-14-70-20-22-74-28-30-78-36-38-82-44-46-86-50-48-84-42-40-80-34-32-76-26-24-72-18-16-68-10-8-64-2/h51-52H,3-50H2,1-2H3,(H,57,61)(H,58,62). The molecule has 30 heteroatoms. The van der Waals surface area contributed by atoms with Crippen molar-refractivity contribution in [2.75, 3.05) is 331 Å². The molecule has 0 spiro atoms. The Kier molecular flexibility index (Phi) is 67.1. The average Bonchev–Trinajstić information content (AvgIpc) is 3.66. The van der Waals surface area contributed by atoms with Gasteiger partial charge in [-0.05, 0) is 0 Å². The first kappa shape index (κ1) is 81.1. The molecular weight excluding hydrogens is 1140 g/mol. The van der Waals surface area contributed by atoms with Gasteiger partial charge >= 0.3 is 0 Å². The fourth-order valence-electron chi connectivity index (χ4n) is 6.10. The lowest BCUT2D eigenvalue weighted by Gasteiger charge is -2.09. The number of nitrogens with one attached hydrogen (secondary N) is 2. The number of carbonyl (C=O) groups is 2. The second-order valence-electron chi connectivity index (χ2n) is 17.3. The van der Waals surface area contributed by atoms with Crippen molar-refractivity contribution in [3.05, 3.63) is 23.8 Å². The summed E-state index contributed by atoms with van der Waals surface area (Å²) >= 11 is 0. The highest BCUT2D eigenvalue weighted by atomic mass is 16.6. The summed E-state index contributed by atoms with van der Waals surface area (Å²) in [5.41, 5.74) is 0.147. The number of ether oxygens (including phenoxy) is 24. The van der Waals surface area contributed by atoms with Gasteiger partial charge in [-0.1, -0.05) is 0 Å². The second kappa shape index (κ2) is 71.1. The van der Waals surface area contributed by atoms with Crippen molar-refractivity contribution in [3.63, 3.8) is 0 Å². The first-order valence-electron chi connectivity index (χ1n) is 29.8. The number of hydrogen-bond donors (Lipinski definition) is 2. The molecule has 1 aromatic heterocycles. The first-order valence-corrected chi connectivity index (χ1v) is 29.8. The molecule has 0 unspecified atom stereocenters. The van der Waals surface area contributed by atoms with Crippen LogP contribution in [0, 0.1) is 0 Å². The maximum absolute atomic E-state index is 12.4. The molecule has 2 N–H and O–H groups in total. The van der Waals surface area contributed by atoms with Gasteiger partial charge in [0.15, 0.2) is 0 Å². The Morgan fingerprint density at radius 3 is 0.488 bits per heavy atom. The summed E-state index contributed by atoms with van der Waals surface area (Å²) < 4.78 is 130. The fourth-order valence-corrected chi connectivity index (χ4v) is 6.10. The van der Waals surface area contributed by atoms with Gasteiger partial charge in [-0.15, -0.1) is 0 Å². The van der Waals surface area contributed by atoms with Crippen LogP contribution in [0.25, 0.3) is 0 Å². The summed E-state index contributed by atoms with van der Waals surface area (Å²) in [6.07, 6.45) is 2.49. The van der Waals surface area contributed by atoms with Crippen LogP contribution in [0.15, 0.2) is 12.4 Å². The summed E-state index contributed by atoms with van der Waals surface area (Å²) in [5, 5.41) is 5.41. The van der Waals surface area contributed by atoms with E-state index in [9.17, 15) is 9.59 Å². The molecule has 0 saturated heterocycles. The highest BCUT2D eigenvalue weighted by Gasteiger charge is 2.12. The number of carbonyl (C=O) groups excluding carboxylic acids is 2. The van der Waals surface area contributed by atoms with E-state index in [1.165, 1.54) is 12.4 Å². The molecule has 30 nitrogen and oxygen atoms in total. The predicted octanol–water partition coefficient (Wildman–Crippen LogP) is -0.406. The van der Waals surface area contributed by atoms with E-state index in [1.54, 1.807) is 14.2 Å². The van der Waals surface area contributed by atoms with Crippen LogP contribution in [0.2, 0.25) is 0 Å². The van der Waals surface area contributed by atoms with Gasteiger partial charge in [-0.25, -0.2) is 9.97 Å². The van der Waals surface area contributed by atoms with Crippen molar-refractivity contribution >= 4 is 11.8 Å². The first-order chi connectivity index (χ1) is 42.7. The molecule has 0 aliphatic rings. The minimum atomic E-state index is -0.437. The van der Waals surface area contributed by atoms with Crippen LogP contribution in [0.3, 0.4) is 0 Å². The molecule has 0 fully saturated rings. The van der Waals surface area contributed by atoms with Crippen molar-refractivity contribution in [2.24, 2.45) is 0 Å². The van der Waals surface area contributed by atoms with Crippen LogP contribution >= 0.6 is 0 Å². The van der Waals surface area contributed by atoms with Gasteiger partial charge in [0.2, 0.25) is 0 Å². The van der Waals surface area contributed by atoms with Crippen molar-refractivity contribution < 1.29 is 123 Å². The highest BCUT2D eigenvalue weighted by Crippen LogP contribution is 1.97. The maximum Gasteiger partial charge on any atom is 0.271 e. The van der Waals surface area contributed by atoms with Crippen LogP contribution in [0.5, 0.6) is 0 Å². The molecule has 506 valence electrons. The van der Waals surface area contributed by atoms with Gasteiger partial charge in [-0.3, -0.25) is 9.59 Å². The Morgan fingerprint density at radius 1 is 0.233 bits per heavy atom. The molecule has 0 aromatic carbocycles. The van der Waals surface area contributed by atoms with E-state index in [-0.39, 0.29) is 37.7 Å². The molecule has 0 atom stereocenters. The topological polar surface area (TPSA) is 306 Å². The van der Waals surface area contributed by atoms with Crippen molar-refractivity contribution in [1.82, 2.24) is 20.6 Å². The Balaban J connectivity index is 1.75. The number of hydrogen-bond acceptors (Lipinski definition) is 28. The van der Waals surface area contributed by atoms with Crippen molar-refractivity contribution in [3.8, 4) is 0 Å². The normalized spacial score (nSPS) is 11.6. The van der Waals surface area contributed by atoms with E-state index >= 15 is 0 Å². The van der Waals surface area contributed by atoms with Gasteiger partial charge in [0.05, 0.1) is 316 Å². The van der Waals surface area contributed by atoms with Crippen LogP contribution < -0.4 is 10.6 Å². The third kappa shape index (κ3) is 62.7. The fraction of sp³-hybridized carbons (Fsp3) is 0.893. The van der Waals surface area contributed by atoms with E-state index in [4.69, 9.17) is 114 Å². The van der Waals surface area contributed by atoms with Gasteiger partial charge in [0, 0.05) is 27.3 Å². The summed E-state index contributed by atoms with van der Waals surface area (Å²) in [6, 6.07) is 0. The Hall–Kier alpha value is -2.94. The van der Waals surface area contributed by atoms with Crippen molar-refractivity contribution in [1.29, 1.82) is 0 Å². The van der Waals surface area contributed by atoms with Crippen LogP contribution in [-0.4, -0.2) is 353 Å². The van der Waals surface area contributed by atoms with E-state index in [0.717, 1.165) is 0 Å². The summed E-state index contributed by atoms with van der Waals surface area (Å²) in [4.78, 5) is 33.0. The number of rotatable bonds is 74. The van der Waals surface area contributed by atoms with Gasteiger partial charge in [0.25, 0.3) is 11.8 Å². The zero-order chi connectivity index (χ0) is 61.5. The second-order valence-corrected chi connectivity index (χ2v) is 17.3. The largest absolute Gasteiger partial charge is 0.382 e. The van der Waals surface area contributed by atoms with Crippen LogP contribution in [-0.2, 0) is 114 Å². The molecule has 1 rings (SSSR count). The van der Waals surface area contributed by atoms with E-state index in [2.05, 4.69) is 20.6 Å². The lowest BCUT2D eigenvalue weighted by atomic mass is 10.3. The third-order valence-corrected chi connectivity index (χ3v) is 10.5. The van der Waals surface area contributed by atoms with E-state index in [1.807, 2.05) is 0 Å². The Labute approximate surface area is 509 Å². The van der Waals surface area contributed by atoms with E-state index < -0.39 is 11.8 Å². The summed E-state index contributed by atoms with van der Waals surface area (Å²) in [5.74, 6) is -0.875. The number of nitrogens with zero attached hydrogens (tertiary/aromatic N) is 2. The zero-order valence-electron chi connectivity index (χ0n) is 51.6. The highest BCUT2D eigenvalue weighted by molar-refractivity contribution is 5.94. The molecular formula is C56H106N4O26. The summed E-state index contributed by atoms with van der Waals surface area (Å²) in [6.45, 7) is 22.1. The van der Waals surface area contributed by atoms with Crippen molar-refractivity contribution in [2.45, 2.75) is 0 Å². The number of methoxy groups -OCH3 is 2. The molecule has 0 bridgehead atoms. The molecule has 0 aliphatic heterocycles. The molecule has 0 aliphatic carbocycles. The van der Waals surface area contributed by atoms with Gasteiger partial charge < -0.3 is 124 Å². The number of amides is 2. The van der Waals surface area contributed by atoms with Crippen LogP contribution in [0.1, 0.15) is 21.0 Å². The zero-order valence-corrected chi connectivity index (χ0v) is 51.6. The van der Waals surface area contributed by atoms with E-state index in [0.29, 0.717) is 291 Å². The quantitative estimate of drug-likeness (QED) is 0.0784. The molecule has 1 heterocycles. The molecule has 1 aromatic rings. The Bertz CT molecular complexity index is 1400. The molecule has 86 heavy (non-hydrogen) atoms. The van der Waals surface area contributed by atoms with Gasteiger partial charge in [0.1, 0.15) is 11.4 Å². The third-order valence-electron chi connectivity index (χ3n) is 10.5. The smallest absolute Gasteiger partial charge is 0.271 e. The SMILES string of the molecule is COCCOCCOCCOCCOCCOCCOCCOCCOCCOCCOCCOCCNC(=O)c1cnc(C(=O)NCCOCCOCCOCCOCCOCCOCCOCCOCCOCCOCCOCCOC)cn1. The average molecular weight is 1250 g/mol. The molecule has 2 amide bonds. The lowest BCUT2D eigenvalue weighted by Crippen LogP contribution is -2.30. The predicted molar refractivity (Wildman–Crippen MR) is 308 cm³/mol. The van der Waals surface area contributed by atoms with Gasteiger partial charge in [-0.2, -0.15) is 0 Å². The maximum atomic E-state index is 12.4. The van der Waals surface area contributed by atoms with Crippen LogP contribution in [0.4, 0.5) is 0 Å². The molecule has 0 saturated carbocycles. The lowest BCUT2D eigenvalue weighted by molar-refractivity contribution is -0.0279. The molecule has 0 radical (unpaired) electrons. The summed E-state index contributed by atoms with van der Waals surface area (Å²) in [7, 11) is 3.28. The minimum Gasteiger partial charge on any atom is -0.382 e. The number of aromatic nitrogens is 2. The minimum absolute atomic E-state index is 0.0734. The Morgan fingerprint density at radius 2 is 0.360 bits per heavy atom.